The van der Waals surface area contributed by atoms with Crippen LogP contribution in [0.15, 0.2) is 12.1 Å². The van der Waals surface area contributed by atoms with Crippen LogP contribution in [-0.4, -0.2) is 45.8 Å². The Morgan fingerprint density at radius 3 is 2.78 bits per heavy atom. The number of hydrogen-bond donors (Lipinski definition) is 0. The first kappa shape index (κ1) is 13.2. The zero-order chi connectivity index (χ0) is 13.3. The van der Waals surface area contributed by atoms with Crippen molar-refractivity contribution in [2.24, 2.45) is 0 Å². The number of carbonyl (C=O) groups excluding carboxylic acids is 1. The molecule has 0 bridgehead atoms. The standard InChI is InChI=1S/C12H16ClN3O2/c1-8-6-16(7-12(2,3)18-8)11(17)9-4-5-10(13)15-14-9/h4-5,8H,6-7H2,1-3H3. The molecule has 0 spiro atoms. The first-order chi connectivity index (χ1) is 8.37. The molecule has 1 aromatic heterocycles. The molecule has 0 aliphatic carbocycles. The van der Waals surface area contributed by atoms with Gasteiger partial charge in [0.2, 0.25) is 0 Å². The highest BCUT2D eigenvalue weighted by Gasteiger charge is 2.34. The SMILES string of the molecule is CC1CN(C(=O)c2ccc(Cl)nn2)CC(C)(C)O1. The minimum Gasteiger partial charge on any atom is -0.369 e. The summed E-state index contributed by atoms with van der Waals surface area (Å²) in [5, 5.41) is 7.78. The summed E-state index contributed by atoms with van der Waals surface area (Å²) in [5.74, 6) is -0.137. The highest BCUT2D eigenvalue weighted by Crippen LogP contribution is 2.21. The topological polar surface area (TPSA) is 55.3 Å². The fourth-order valence-electron chi connectivity index (χ4n) is 2.20. The Bertz CT molecular complexity index is 447. The Hall–Kier alpha value is -1.20. The molecule has 1 unspecified atom stereocenters. The number of ether oxygens (including phenoxy) is 1. The zero-order valence-corrected chi connectivity index (χ0v) is 11.4. The van der Waals surface area contributed by atoms with E-state index in [2.05, 4.69) is 10.2 Å². The van der Waals surface area contributed by atoms with E-state index in [-0.39, 0.29) is 22.8 Å². The zero-order valence-electron chi connectivity index (χ0n) is 10.7. The van der Waals surface area contributed by atoms with E-state index >= 15 is 0 Å². The highest BCUT2D eigenvalue weighted by molar-refractivity contribution is 6.29. The first-order valence-electron chi connectivity index (χ1n) is 5.84. The smallest absolute Gasteiger partial charge is 0.274 e. The highest BCUT2D eigenvalue weighted by atomic mass is 35.5. The lowest BCUT2D eigenvalue weighted by atomic mass is 10.1. The van der Waals surface area contributed by atoms with E-state index < -0.39 is 0 Å². The molecule has 1 aliphatic rings. The monoisotopic (exact) mass is 269 g/mol. The maximum Gasteiger partial charge on any atom is 0.274 e. The quantitative estimate of drug-likeness (QED) is 0.780. The van der Waals surface area contributed by atoms with Gasteiger partial charge in [-0.15, -0.1) is 10.2 Å². The number of hydrogen-bond acceptors (Lipinski definition) is 4. The van der Waals surface area contributed by atoms with E-state index in [9.17, 15) is 4.79 Å². The summed E-state index contributed by atoms with van der Waals surface area (Å²) >= 11 is 5.65. The molecule has 6 heteroatoms. The summed E-state index contributed by atoms with van der Waals surface area (Å²) in [6.07, 6.45) is 0.0120. The molecule has 1 atom stereocenters. The average Bonchev–Trinajstić information content (AvgIpc) is 2.26. The minimum absolute atomic E-state index is 0.0120. The van der Waals surface area contributed by atoms with Crippen LogP contribution in [0.1, 0.15) is 31.3 Å². The molecule has 98 valence electrons. The van der Waals surface area contributed by atoms with Gasteiger partial charge in [0.25, 0.3) is 5.91 Å². The lowest BCUT2D eigenvalue weighted by Crippen LogP contribution is -2.53. The van der Waals surface area contributed by atoms with Crippen LogP contribution in [0, 0.1) is 0 Å². The van der Waals surface area contributed by atoms with Gasteiger partial charge in [-0.3, -0.25) is 4.79 Å². The fourth-order valence-corrected chi connectivity index (χ4v) is 2.30. The molecule has 1 aliphatic heterocycles. The number of nitrogens with zero attached hydrogens (tertiary/aromatic N) is 3. The van der Waals surface area contributed by atoms with E-state index in [4.69, 9.17) is 16.3 Å². The molecule has 1 saturated heterocycles. The third-order valence-corrected chi connectivity index (χ3v) is 2.91. The molecular weight excluding hydrogens is 254 g/mol. The average molecular weight is 270 g/mol. The van der Waals surface area contributed by atoms with Gasteiger partial charge in [-0.1, -0.05) is 11.6 Å². The maximum absolute atomic E-state index is 12.3. The van der Waals surface area contributed by atoms with Gasteiger partial charge in [-0.05, 0) is 32.9 Å². The molecule has 1 amide bonds. The van der Waals surface area contributed by atoms with E-state index in [1.54, 1.807) is 17.0 Å². The normalized spacial score (nSPS) is 22.9. The number of morpholine rings is 1. The molecule has 1 aromatic rings. The lowest BCUT2D eigenvalue weighted by Gasteiger charge is -2.41. The molecule has 5 nitrogen and oxygen atoms in total. The Kier molecular flexibility index (Phi) is 3.54. The van der Waals surface area contributed by atoms with Gasteiger partial charge in [0, 0.05) is 13.1 Å². The van der Waals surface area contributed by atoms with Crippen molar-refractivity contribution in [3.05, 3.63) is 23.0 Å². The van der Waals surface area contributed by atoms with E-state index in [1.165, 1.54) is 0 Å². The van der Waals surface area contributed by atoms with Crippen LogP contribution in [-0.2, 0) is 4.74 Å². The summed E-state index contributed by atoms with van der Waals surface area (Å²) in [7, 11) is 0. The van der Waals surface area contributed by atoms with Crippen LogP contribution in [0.2, 0.25) is 5.15 Å². The van der Waals surface area contributed by atoms with Crippen LogP contribution in [0.5, 0.6) is 0 Å². The van der Waals surface area contributed by atoms with Crippen molar-refractivity contribution >= 4 is 17.5 Å². The summed E-state index contributed by atoms with van der Waals surface area (Å²) < 4.78 is 5.76. The Labute approximate surface area is 111 Å². The predicted octanol–water partition coefficient (Wildman–Crippen LogP) is 1.77. The second kappa shape index (κ2) is 4.82. The number of rotatable bonds is 1. The second-order valence-corrected chi connectivity index (χ2v) is 5.50. The van der Waals surface area contributed by atoms with Crippen molar-refractivity contribution in [1.29, 1.82) is 0 Å². The van der Waals surface area contributed by atoms with Crippen molar-refractivity contribution in [2.75, 3.05) is 13.1 Å². The molecule has 0 radical (unpaired) electrons. The summed E-state index contributed by atoms with van der Waals surface area (Å²) in [5.41, 5.74) is -0.0306. The molecule has 2 rings (SSSR count). The van der Waals surface area contributed by atoms with Crippen LogP contribution in [0.4, 0.5) is 0 Å². The predicted molar refractivity (Wildman–Crippen MR) is 67.6 cm³/mol. The number of aromatic nitrogens is 2. The Morgan fingerprint density at radius 1 is 1.50 bits per heavy atom. The molecule has 0 saturated carbocycles. The molecule has 2 heterocycles. The van der Waals surface area contributed by atoms with Gasteiger partial charge in [0.05, 0.1) is 11.7 Å². The lowest BCUT2D eigenvalue weighted by molar-refractivity contribution is -0.119. The maximum atomic E-state index is 12.3. The van der Waals surface area contributed by atoms with Crippen LogP contribution < -0.4 is 0 Å². The molecule has 18 heavy (non-hydrogen) atoms. The van der Waals surface area contributed by atoms with Gasteiger partial charge in [-0.25, -0.2) is 0 Å². The van der Waals surface area contributed by atoms with Crippen molar-refractivity contribution < 1.29 is 9.53 Å². The van der Waals surface area contributed by atoms with Gasteiger partial charge in [0.1, 0.15) is 0 Å². The van der Waals surface area contributed by atoms with E-state index in [0.717, 1.165) is 0 Å². The van der Waals surface area contributed by atoms with Crippen molar-refractivity contribution in [3.63, 3.8) is 0 Å². The van der Waals surface area contributed by atoms with Crippen molar-refractivity contribution in [2.45, 2.75) is 32.5 Å². The molecule has 1 fully saturated rings. The second-order valence-electron chi connectivity index (χ2n) is 5.12. The largest absolute Gasteiger partial charge is 0.369 e. The van der Waals surface area contributed by atoms with E-state index in [0.29, 0.717) is 18.8 Å². The van der Waals surface area contributed by atoms with Crippen molar-refractivity contribution in [3.8, 4) is 0 Å². The van der Waals surface area contributed by atoms with E-state index in [1.807, 2.05) is 20.8 Å². The minimum atomic E-state index is -0.340. The molecule has 0 N–H and O–H groups in total. The molecule has 0 aromatic carbocycles. The van der Waals surface area contributed by atoms with Gasteiger partial charge < -0.3 is 9.64 Å². The third-order valence-electron chi connectivity index (χ3n) is 2.71. The molecular formula is C12H16ClN3O2. The van der Waals surface area contributed by atoms with Gasteiger partial charge in [-0.2, -0.15) is 0 Å². The summed E-state index contributed by atoms with van der Waals surface area (Å²) in [4.78, 5) is 14.0. The third kappa shape index (κ3) is 2.97. The summed E-state index contributed by atoms with van der Waals surface area (Å²) in [6.45, 7) is 6.99. The van der Waals surface area contributed by atoms with Crippen LogP contribution in [0.3, 0.4) is 0 Å². The van der Waals surface area contributed by atoms with Crippen molar-refractivity contribution in [1.82, 2.24) is 15.1 Å². The Morgan fingerprint density at radius 2 is 2.22 bits per heavy atom. The fraction of sp³-hybridized carbons (Fsp3) is 0.583. The number of amides is 1. The summed E-state index contributed by atoms with van der Waals surface area (Å²) in [6, 6.07) is 3.15. The Balaban J connectivity index is 2.16. The number of carbonyl (C=O) groups is 1. The number of halogens is 1. The van der Waals surface area contributed by atoms with Gasteiger partial charge >= 0.3 is 0 Å². The van der Waals surface area contributed by atoms with Crippen LogP contribution in [0.25, 0.3) is 0 Å². The van der Waals surface area contributed by atoms with Gasteiger partial charge in [0.15, 0.2) is 10.8 Å². The van der Waals surface area contributed by atoms with Crippen LogP contribution >= 0.6 is 11.6 Å². The first-order valence-corrected chi connectivity index (χ1v) is 6.21.